The molecular weight excluding hydrogens is 448 g/mol. The lowest BCUT2D eigenvalue weighted by molar-refractivity contribution is -0.117. The molecule has 0 amide bonds. The molecule has 6 rings (SSSR count). The van der Waals surface area contributed by atoms with E-state index >= 15 is 0 Å². The highest BCUT2D eigenvalue weighted by Crippen LogP contribution is 2.67. The first kappa shape index (κ1) is 24.9. The summed E-state index contributed by atoms with van der Waals surface area (Å²) in [4.78, 5) is 12.2. The van der Waals surface area contributed by atoms with Crippen LogP contribution in [0.25, 0.3) is 5.57 Å². The molecule has 3 fully saturated rings. The summed E-state index contributed by atoms with van der Waals surface area (Å²) < 4.78 is 0. The zero-order chi connectivity index (χ0) is 25.6. The van der Waals surface area contributed by atoms with Crippen molar-refractivity contribution >= 4 is 11.4 Å². The van der Waals surface area contributed by atoms with Gasteiger partial charge in [0, 0.05) is 6.42 Å². The van der Waals surface area contributed by atoms with Crippen molar-refractivity contribution in [2.24, 2.45) is 40.4 Å². The molecular formula is C36H44O. The Morgan fingerprint density at radius 3 is 2.22 bits per heavy atom. The van der Waals surface area contributed by atoms with Gasteiger partial charge in [-0.2, -0.15) is 0 Å². The molecule has 0 bridgehead atoms. The van der Waals surface area contributed by atoms with Gasteiger partial charge in [-0.05, 0) is 115 Å². The lowest BCUT2D eigenvalue weighted by Gasteiger charge is -2.58. The molecule has 0 N–H and O–H groups in total. The Morgan fingerprint density at radius 2 is 1.54 bits per heavy atom. The molecule has 37 heavy (non-hydrogen) atoms. The van der Waals surface area contributed by atoms with Crippen molar-refractivity contribution in [2.75, 3.05) is 0 Å². The van der Waals surface area contributed by atoms with E-state index < -0.39 is 0 Å². The predicted octanol–water partition coefficient (Wildman–Crippen LogP) is 9.29. The summed E-state index contributed by atoms with van der Waals surface area (Å²) >= 11 is 0. The van der Waals surface area contributed by atoms with Crippen LogP contribution in [0.4, 0.5) is 0 Å². The van der Waals surface area contributed by atoms with Crippen LogP contribution < -0.4 is 0 Å². The minimum absolute atomic E-state index is 0.283. The number of fused-ring (bicyclic) bond motifs is 5. The number of rotatable bonds is 5. The van der Waals surface area contributed by atoms with Crippen LogP contribution in [0.3, 0.4) is 0 Å². The van der Waals surface area contributed by atoms with Crippen LogP contribution >= 0.6 is 0 Å². The molecule has 0 saturated heterocycles. The van der Waals surface area contributed by atoms with Gasteiger partial charge >= 0.3 is 0 Å². The highest BCUT2D eigenvalue weighted by molar-refractivity contribution is 5.91. The summed E-state index contributed by atoms with van der Waals surface area (Å²) in [5.41, 5.74) is 6.27. The Balaban J connectivity index is 1.22. The second-order valence-corrected chi connectivity index (χ2v) is 13.3. The summed E-state index contributed by atoms with van der Waals surface area (Å²) in [5.74, 6) is 4.37. The van der Waals surface area contributed by atoms with Crippen molar-refractivity contribution in [1.29, 1.82) is 0 Å². The van der Waals surface area contributed by atoms with Crippen molar-refractivity contribution in [3.63, 3.8) is 0 Å². The first-order valence-electron chi connectivity index (χ1n) is 14.9. The van der Waals surface area contributed by atoms with Crippen molar-refractivity contribution in [3.8, 4) is 0 Å². The maximum absolute atomic E-state index is 12.2. The average Bonchev–Trinajstić information content (AvgIpc) is 3.28. The van der Waals surface area contributed by atoms with E-state index in [1.54, 1.807) is 0 Å². The molecule has 7 atom stereocenters. The standard InChI is InChI=1S/C36H44O/c1-25(14-16-30(26-10-6-4-7-11-26)27-12-8-5-9-13-27)32-18-19-33-31-17-15-28-24-29(37)20-22-35(28,2)34(31)21-23-36(32,33)3/h4-13,16,24-25,31-34H,14-15,17-23H2,1-3H3/t25?,31?,32?,33?,34?,35-,36+/m0/s1. The monoisotopic (exact) mass is 492 g/mol. The van der Waals surface area contributed by atoms with Gasteiger partial charge in [-0.1, -0.05) is 93.1 Å². The summed E-state index contributed by atoms with van der Waals surface area (Å²) in [5, 5.41) is 0. The maximum atomic E-state index is 12.2. The fourth-order valence-corrected chi connectivity index (χ4v) is 9.64. The van der Waals surface area contributed by atoms with Crippen LogP contribution in [0, 0.1) is 40.4 Å². The van der Waals surface area contributed by atoms with Gasteiger partial charge < -0.3 is 0 Å². The van der Waals surface area contributed by atoms with Crippen LogP contribution in [0.15, 0.2) is 78.4 Å². The molecule has 4 aliphatic carbocycles. The fourth-order valence-electron chi connectivity index (χ4n) is 9.64. The third kappa shape index (κ3) is 4.27. The van der Waals surface area contributed by atoms with Crippen molar-refractivity contribution in [1.82, 2.24) is 0 Å². The van der Waals surface area contributed by atoms with E-state index in [1.807, 2.05) is 0 Å². The van der Waals surface area contributed by atoms with Crippen LogP contribution in [0.5, 0.6) is 0 Å². The lowest BCUT2D eigenvalue weighted by Crippen LogP contribution is -2.50. The molecule has 0 spiro atoms. The number of carbonyl (C=O) groups is 1. The van der Waals surface area contributed by atoms with E-state index in [2.05, 4.69) is 93.6 Å². The van der Waals surface area contributed by atoms with E-state index in [9.17, 15) is 4.79 Å². The summed E-state index contributed by atoms with van der Waals surface area (Å²) in [6, 6.07) is 21.9. The quantitative estimate of drug-likeness (QED) is 0.406. The molecule has 3 saturated carbocycles. The van der Waals surface area contributed by atoms with Gasteiger partial charge in [-0.15, -0.1) is 0 Å². The molecule has 1 nitrogen and oxygen atoms in total. The van der Waals surface area contributed by atoms with E-state index in [1.165, 1.54) is 54.4 Å². The number of carbonyl (C=O) groups excluding carboxylic acids is 1. The molecule has 2 aromatic carbocycles. The zero-order valence-electron chi connectivity index (χ0n) is 23.1. The second kappa shape index (κ2) is 9.72. The molecule has 4 aliphatic rings. The molecule has 5 unspecified atom stereocenters. The minimum Gasteiger partial charge on any atom is -0.295 e. The van der Waals surface area contributed by atoms with Gasteiger partial charge in [0.05, 0.1) is 0 Å². The Hall–Kier alpha value is -2.41. The number of allylic oxidation sites excluding steroid dienone is 2. The Morgan fingerprint density at radius 1 is 0.865 bits per heavy atom. The van der Waals surface area contributed by atoms with E-state index in [4.69, 9.17) is 0 Å². The number of hydrogen-bond acceptors (Lipinski definition) is 1. The molecule has 0 heterocycles. The number of benzene rings is 2. The largest absolute Gasteiger partial charge is 0.295 e. The van der Waals surface area contributed by atoms with Gasteiger partial charge in [0.25, 0.3) is 0 Å². The lowest BCUT2D eigenvalue weighted by atomic mass is 9.46. The normalized spacial score (nSPS) is 35.5. The number of ketones is 1. The van der Waals surface area contributed by atoms with Crippen molar-refractivity contribution in [2.45, 2.75) is 78.6 Å². The second-order valence-electron chi connectivity index (χ2n) is 13.3. The molecule has 194 valence electrons. The zero-order valence-corrected chi connectivity index (χ0v) is 23.1. The molecule has 0 aliphatic heterocycles. The molecule has 1 heteroatoms. The summed E-state index contributed by atoms with van der Waals surface area (Å²) in [6.07, 6.45) is 15.6. The van der Waals surface area contributed by atoms with Crippen LogP contribution in [-0.2, 0) is 4.79 Å². The van der Waals surface area contributed by atoms with Gasteiger partial charge in [0.2, 0.25) is 0 Å². The SMILES string of the molecule is CC(CC=C(c1ccccc1)c1ccccc1)C1CCC2C3CCC4=CC(=O)CC[C@]4(C)C3CC[C@]12C. The highest BCUT2D eigenvalue weighted by Gasteiger charge is 2.59. The highest BCUT2D eigenvalue weighted by atomic mass is 16.1. The van der Waals surface area contributed by atoms with E-state index in [0.29, 0.717) is 17.1 Å². The number of hydrogen-bond donors (Lipinski definition) is 0. The molecule has 0 radical (unpaired) electrons. The average molecular weight is 493 g/mol. The smallest absolute Gasteiger partial charge is 0.155 e. The Bertz CT molecular complexity index is 1150. The Kier molecular flexibility index (Phi) is 6.54. The third-order valence-electron chi connectivity index (χ3n) is 11.6. The summed E-state index contributed by atoms with van der Waals surface area (Å²) in [6.45, 7) is 7.71. The van der Waals surface area contributed by atoms with Crippen molar-refractivity contribution in [3.05, 3.63) is 89.5 Å². The predicted molar refractivity (Wildman–Crippen MR) is 154 cm³/mol. The fraction of sp³-hybridized carbons (Fsp3) is 0.528. The van der Waals surface area contributed by atoms with Gasteiger partial charge in [-0.25, -0.2) is 0 Å². The topological polar surface area (TPSA) is 17.1 Å². The van der Waals surface area contributed by atoms with Crippen LogP contribution in [0.1, 0.15) is 89.7 Å². The molecule has 2 aromatic rings. The van der Waals surface area contributed by atoms with E-state index in [-0.39, 0.29) is 5.41 Å². The first-order chi connectivity index (χ1) is 17.9. The first-order valence-corrected chi connectivity index (χ1v) is 14.9. The van der Waals surface area contributed by atoms with Crippen LogP contribution in [-0.4, -0.2) is 5.78 Å². The van der Waals surface area contributed by atoms with Gasteiger partial charge in [0.1, 0.15) is 0 Å². The Labute approximate surface area is 224 Å². The minimum atomic E-state index is 0.283. The summed E-state index contributed by atoms with van der Waals surface area (Å²) in [7, 11) is 0. The van der Waals surface area contributed by atoms with Gasteiger partial charge in [0.15, 0.2) is 5.78 Å². The van der Waals surface area contributed by atoms with Gasteiger partial charge in [-0.3, -0.25) is 4.79 Å². The molecule has 0 aromatic heterocycles. The third-order valence-corrected chi connectivity index (χ3v) is 11.6. The van der Waals surface area contributed by atoms with E-state index in [0.717, 1.165) is 49.4 Å². The van der Waals surface area contributed by atoms with Crippen molar-refractivity contribution < 1.29 is 4.79 Å². The van der Waals surface area contributed by atoms with Crippen LogP contribution in [0.2, 0.25) is 0 Å². The maximum Gasteiger partial charge on any atom is 0.155 e.